The minimum Gasteiger partial charge on any atom is -0.379 e. The van der Waals surface area contributed by atoms with Crippen molar-refractivity contribution in [1.82, 2.24) is 9.91 Å². The van der Waals surface area contributed by atoms with Crippen LogP contribution in [0.5, 0.6) is 0 Å². The first-order chi connectivity index (χ1) is 12.3. The van der Waals surface area contributed by atoms with Crippen LogP contribution in [-0.4, -0.2) is 54.4 Å². The molecule has 0 unspecified atom stereocenters. The van der Waals surface area contributed by atoms with Gasteiger partial charge in [0.15, 0.2) is 0 Å². The summed E-state index contributed by atoms with van der Waals surface area (Å²) in [5.74, 6) is 0.106. The molecule has 0 saturated carbocycles. The topological polar surface area (TPSA) is 45.1 Å². The molecule has 132 valence electrons. The molecule has 5 nitrogen and oxygen atoms in total. The number of carbonyl (C=O) groups is 1. The summed E-state index contributed by atoms with van der Waals surface area (Å²) in [5, 5.41) is 12.7. The van der Waals surface area contributed by atoms with Crippen molar-refractivity contribution in [3.8, 4) is 0 Å². The highest BCUT2D eigenvalue weighted by Crippen LogP contribution is 2.35. The maximum Gasteiger partial charge on any atom is 0.244 e. The molecule has 1 amide bonds. The third-order valence-corrected chi connectivity index (χ3v) is 6.27. The number of amides is 1. The van der Waals surface area contributed by atoms with Gasteiger partial charge in [-0.3, -0.25) is 9.69 Å². The molecule has 1 fully saturated rings. The Morgan fingerprint density at radius 3 is 2.88 bits per heavy atom. The lowest BCUT2D eigenvalue weighted by molar-refractivity contribution is -0.133. The predicted molar refractivity (Wildman–Crippen MR) is 101 cm³/mol. The van der Waals surface area contributed by atoms with Gasteiger partial charge in [-0.15, -0.1) is 11.3 Å². The predicted octanol–water partition coefficient (Wildman–Crippen LogP) is 3.21. The van der Waals surface area contributed by atoms with Gasteiger partial charge < -0.3 is 4.74 Å². The van der Waals surface area contributed by atoms with Crippen molar-refractivity contribution in [3.05, 3.63) is 44.8 Å². The third-order valence-electron chi connectivity index (χ3n) is 4.65. The molecular formula is C18H21N3O2S2. The fourth-order valence-electron chi connectivity index (χ4n) is 3.25. The lowest BCUT2D eigenvalue weighted by Gasteiger charge is -2.27. The molecule has 2 aromatic rings. The van der Waals surface area contributed by atoms with Crippen molar-refractivity contribution in [3.63, 3.8) is 0 Å². The molecule has 0 aromatic carbocycles. The standard InChI is InChI=1S/C18H21N3O2S2/c22-18(3-5-20-6-8-23-9-7-20)21-16(14-4-11-24-13-14)12-15(19-21)17-2-1-10-25-17/h1-2,4,10-11,13,16H,3,5-9,12H2/t16-/m1/s1. The van der Waals surface area contributed by atoms with E-state index in [1.165, 1.54) is 5.56 Å². The number of hydrogen-bond donors (Lipinski definition) is 0. The molecule has 0 N–H and O–H groups in total. The molecule has 0 bridgehead atoms. The highest BCUT2D eigenvalue weighted by Gasteiger charge is 2.33. The van der Waals surface area contributed by atoms with E-state index in [4.69, 9.17) is 9.84 Å². The Hall–Kier alpha value is -1.54. The van der Waals surface area contributed by atoms with Crippen LogP contribution in [0.3, 0.4) is 0 Å². The minimum atomic E-state index is 0.0283. The monoisotopic (exact) mass is 375 g/mol. The number of morpholine rings is 1. The van der Waals surface area contributed by atoms with E-state index >= 15 is 0 Å². The van der Waals surface area contributed by atoms with Gasteiger partial charge in [-0.25, -0.2) is 5.01 Å². The van der Waals surface area contributed by atoms with E-state index in [0.29, 0.717) is 6.42 Å². The van der Waals surface area contributed by atoms with Gasteiger partial charge in [0.2, 0.25) is 5.91 Å². The van der Waals surface area contributed by atoms with E-state index in [0.717, 1.165) is 49.9 Å². The average molecular weight is 376 g/mol. The number of rotatable bonds is 5. The number of carbonyl (C=O) groups excluding carboxylic acids is 1. The Kier molecular flexibility index (Phi) is 5.26. The third kappa shape index (κ3) is 3.84. The zero-order chi connectivity index (χ0) is 17.1. The fraction of sp³-hybridized carbons (Fsp3) is 0.444. The van der Waals surface area contributed by atoms with Crippen LogP contribution in [-0.2, 0) is 9.53 Å². The van der Waals surface area contributed by atoms with Gasteiger partial charge in [-0.05, 0) is 33.8 Å². The van der Waals surface area contributed by atoms with Crippen LogP contribution in [0, 0.1) is 0 Å². The normalized spacial score (nSPS) is 21.5. The van der Waals surface area contributed by atoms with Crippen molar-refractivity contribution in [2.24, 2.45) is 5.10 Å². The van der Waals surface area contributed by atoms with Gasteiger partial charge in [0.05, 0.1) is 29.8 Å². The summed E-state index contributed by atoms with van der Waals surface area (Å²) < 4.78 is 5.37. The van der Waals surface area contributed by atoms with Crippen molar-refractivity contribution in [1.29, 1.82) is 0 Å². The van der Waals surface area contributed by atoms with Gasteiger partial charge in [-0.2, -0.15) is 16.4 Å². The van der Waals surface area contributed by atoms with Gasteiger partial charge in [0.1, 0.15) is 0 Å². The molecule has 1 saturated heterocycles. The van der Waals surface area contributed by atoms with Crippen molar-refractivity contribution >= 4 is 34.3 Å². The quantitative estimate of drug-likeness (QED) is 0.806. The zero-order valence-electron chi connectivity index (χ0n) is 14.0. The van der Waals surface area contributed by atoms with Crippen LogP contribution in [0.25, 0.3) is 0 Å². The molecule has 2 aliphatic rings. The number of nitrogens with zero attached hydrogens (tertiary/aromatic N) is 3. The first kappa shape index (κ1) is 16.9. The van der Waals surface area contributed by atoms with Gasteiger partial charge >= 0.3 is 0 Å². The average Bonchev–Trinajstić information content (AvgIpc) is 3.40. The van der Waals surface area contributed by atoms with Crippen molar-refractivity contribution in [2.45, 2.75) is 18.9 Å². The first-order valence-electron chi connectivity index (χ1n) is 8.57. The molecule has 2 aromatic heterocycles. The van der Waals surface area contributed by atoms with Crippen LogP contribution in [0.4, 0.5) is 0 Å². The Bertz CT molecular complexity index is 722. The molecule has 0 spiro atoms. The lowest BCUT2D eigenvalue weighted by Crippen LogP contribution is -2.39. The summed E-state index contributed by atoms with van der Waals surface area (Å²) in [6.45, 7) is 4.11. The number of ether oxygens (including phenoxy) is 1. The summed E-state index contributed by atoms with van der Waals surface area (Å²) >= 11 is 3.35. The smallest absolute Gasteiger partial charge is 0.244 e. The van der Waals surface area contributed by atoms with Crippen LogP contribution in [0.1, 0.15) is 29.3 Å². The van der Waals surface area contributed by atoms with E-state index in [-0.39, 0.29) is 11.9 Å². The summed E-state index contributed by atoms with van der Waals surface area (Å²) in [5.41, 5.74) is 2.20. The van der Waals surface area contributed by atoms with E-state index in [1.54, 1.807) is 27.7 Å². The molecule has 0 aliphatic carbocycles. The Balaban J connectivity index is 1.48. The molecule has 4 rings (SSSR count). The van der Waals surface area contributed by atoms with Gasteiger partial charge in [0.25, 0.3) is 0 Å². The summed E-state index contributed by atoms with van der Waals surface area (Å²) in [7, 11) is 0. The Morgan fingerprint density at radius 1 is 1.28 bits per heavy atom. The summed E-state index contributed by atoms with van der Waals surface area (Å²) in [4.78, 5) is 16.3. The molecule has 7 heteroatoms. The van der Waals surface area contributed by atoms with Crippen molar-refractivity contribution in [2.75, 3.05) is 32.8 Å². The number of hydrogen-bond acceptors (Lipinski definition) is 6. The second-order valence-corrected chi connectivity index (χ2v) is 7.97. The molecule has 1 atom stereocenters. The van der Waals surface area contributed by atoms with E-state index in [9.17, 15) is 4.79 Å². The highest BCUT2D eigenvalue weighted by molar-refractivity contribution is 7.12. The van der Waals surface area contributed by atoms with Crippen LogP contribution >= 0.6 is 22.7 Å². The van der Waals surface area contributed by atoms with E-state index in [1.807, 2.05) is 6.07 Å². The molecule has 25 heavy (non-hydrogen) atoms. The molecule has 4 heterocycles. The lowest BCUT2D eigenvalue weighted by atomic mass is 10.0. The van der Waals surface area contributed by atoms with Gasteiger partial charge in [0, 0.05) is 32.5 Å². The van der Waals surface area contributed by atoms with Crippen LogP contribution < -0.4 is 0 Å². The van der Waals surface area contributed by atoms with Crippen LogP contribution in [0.15, 0.2) is 39.4 Å². The Labute approximate surface area is 155 Å². The fourth-order valence-corrected chi connectivity index (χ4v) is 4.68. The second kappa shape index (κ2) is 7.78. The highest BCUT2D eigenvalue weighted by atomic mass is 32.1. The zero-order valence-corrected chi connectivity index (χ0v) is 15.6. The maximum atomic E-state index is 12.9. The maximum absolute atomic E-state index is 12.9. The molecular weight excluding hydrogens is 354 g/mol. The first-order valence-corrected chi connectivity index (χ1v) is 10.4. The molecule has 0 radical (unpaired) electrons. The SMILES string of the molecule is O=C(CCN1CCOCC1)N1N=C(c2cccs2)C[C@@H]1c1ccsc1. The van der Waals surface area contributed by atoms with Gasteiger partial charge in [-0.1, -0.05) is 6.07 Å². The van der Waals surface area contributed by atoms with E-state index < -0.39 is 0 Å². The molecule has 2 aliphatic heterocycles. The Morgan fingerprint density at radius 2 is 2.16 bits per heavy atom. The number of thiophene rings is 2. The summed E-state index contributed by atoms with van der Waals surface area (Å²) in [6, 6.07) is 6.24. The van der Waals surface area contributed by atoms with Crippen molar-refractivity contribution < 1.29 is 9.53 Å². The van der Waals surface area contributed by atoms with E-state index in [2.05, 4.69) is 33.2 Å². The largest absolute Gasteiger partial charge is 0.379 e. The van der Waals surface area contributed by atoms with Crippen LogP contribution in [0.2, 0.25) is 0 Å². The number of hydrazone groups is 1. The minimum absolute atomic E-state index is 0.0283. The summed E-state index contributed by atoms with van der Waals surface area (Å²) in [6.07, 6.45) is 1.29. The second-order valence-electron chi connectivity index (χ2n) is 6.24.